The fourth-order valence-electron chi connectivity index (χ4n) is 2.43. The van der Waals surface area contributed by atoms with Gasteiger partial charge in [-0.1, -0.05) is 34.6 Å². The van der Waals surface area contributed by atoms with Crippen molar-refractivity contribution in [2.75, 3.05) is 20.6 Å². The van der Waals surface area contributed by atoms with Crippen LogP contribution in [0.4, 0.5) is 0 Å². The van der Waals surface area contributed by atoms with E-state index in [1.165, 1.54) is 11.3 Å². The van der Waals surface area contributed by atoms with E-state index < -0.39 is 0 Å². The molecule has 5 nitrogen and oxygen atoms in total. The van der Waals surface area contributed by atoms with Gasteiger partial charge in [0.1, 0.15) is 0 Å². The molecule has 1 aromatic heterocycles. The standard InChI is InChI=1S/C17H33N5/c1-13(2)15-14(12-22(8)20-15)11-21(7)16(18-6)19-10-9-17(3,4)5/h12-13H,9-11H2,1-8H3,(H,18,19). The Labute approximate surface area is 135 Å². The van der Waals surface area contributed by atoms with E-state index in [1.54, 1.807) is 0 Å². The molecule has 0 aliphatic carbocycles. The van der Waals surface area contributed by atoms with Gasteiger partial charge in [-0.2, -0.15) is 5.10 Å². The van der Waals surface area contributed by atoms with Crippen molar-refractivity contribution in [1.82, 2.24) is 20.0 Å². The highest BCUT2D eigenvalue weighted by Gasteiger charge is 2.15. The second-order valence-corrected chi connectivity index (χ2v) is 7.51. The SMILES string of the molecule is CN=C(NCCC(C)(C)C)N(C)Cc1cn(C)nc1C(C)C. The molecule has 0 atom stereocenters. The first kappa shape index (κ1) is 18.5. The molecule has 0 unspecified atom stereocenters. The molecule has 1 rings (SSSR count). The number of hydrogen-bond acceptors (Lipinski definition) is 2. The highest BCUT2D eigenvalue weighted by Crippen LogP contribution is 2.19. The number of hydrogen-bond donors (Lipinski definition) is 1. The molecule has 0 radical (unpaired) electrons. The van der Waals surface area contributed by atoms with Crippen LogP contribution >= 0.6 is 0 Å². The molecule has 1 heterocycles. The van der Waals surface area contributed by atoms with Crippen molar-refractivity contribution in [2.45, 2.75) is 53.5 Å². The maximum Gasteiger partial charge on any atom is 0.193 e. The molecule has 1 aromatic rings. The van der Waals surface area contributed by atoms with Gasteiger partial charge in [0.15, 0.2) is 5.96 Å². The van der Waals surface area contributed by atoms with E-state index in [1.807, 2.05) is 18.8 Å². The average Bonchev–Trinajstić information content (AvgIpc) is 2.74. The van der Waals surface area contributed by atoms with E-state index in [-0.39, 0.29) is 0 Å². The van der Waals surface area contributed by atoms with Crippen LogP contribution in [-0.2, 0) is 13.6 Å². The van der Waals surface area contributed by atoms with Crippen LogP contribution in [0.25, 0.3) is 0 Å². The van der Waals surface area contributed by atoms with Gasteiger partial charge in [0.05, 0.1) is 5.69 Å². The van der Waals surface area contributed by atoms with Gasteiger partial charge in [0.2, 0.25) is 0 Å². The van der Waals surface area contributed by atoms with Crippen molar-refractivity contribution in [3.8, 4) is 0 Å². The zero-order valence-corrected chi connectivity index (χ0v) is 15.6. The van der Waals surface area contributed by atoms with Crippen LogP contribution in [0, 0.1) is 5.41 Å². The second-order valence-electron chi connectivity index (χ2n) is 7.51. The predicted molar refractivity (Wildman–Crippen MR) is 94.2 cm³/mol. The summed E-state index contributed by atoms with van der Waals surface area (Å²) in [4.78, 5) is 6.55. The van der Waals surface area contributed by atoms with Crippen LogP contribution < -0.4 is 5.32 Å². The molecule has 126 valence electrons. The van der Waals surface area contributed by atoms with Crippen LogP contribution in [0.1, 0.15) is 58.2 Å². The molecule has 0 saturated heterocycles. The smallest absolute Gasteiger partial charge is 0.193 e. The molecule has 0 spiro atoms. The maximum absolute atomic E-state index is 4.57. The number of guanidine groups is 1. The van der Waals surface area contributed by atoms with Gasteiger partial charge in [-0.15, -0.1) is 0 Å². The van der Waals surface area contributed by atoms with E-state index in [2.05, 4.69) is 68.2 Å². The summed E-state index contributed by atoms with van der Waals surface area (Å²) in [7, 11) is 5.89. The molecule has 0 aromatic carbocycles. The van der Waals surface area contributed by atoms with Crippen LogP contribution in [0.15, 0.2) is 11.2 Å². The number of aryl methyl sites for hydroxylation is 1. The minimum atomic E-state index is 0.332. The molecule has 0 fully saturated rings. The Morgan fingerprint density at radius 2 is 2.05 bits per heavy atom. The van der Waals surface area contributed by atoms with E-state index in [0.29, 0.717) is 11.3 Å². The Bertz CT molecular complexity index is 494. The van der Waals surface area contributed by atoms with Crippen LogP contribution in [0.5, 0.6) is 0 Å². The summed E-state index contributed by atoms with van der Waals surface area (Å²) in [6, 6.07) is 0. The number of nitrogens with one attached hydrogen (secondary N) is 1. The molecular weight excluding hydrogens is 274 g/mol. The van der Waals surface area contributed by atoms with E-state index >= 15 is 0 Å². The lowest BCUT2D eigenvalue weighted by atomic mass is 9.92. The summed E-state index contributed by atoms with van der Waals surface area (Å²) < 4.78 is 1.90. The molecule has 0 aliphatic rings. The number of nitrogens with zero attached hydrogens (tertiary/aromatic N) is 4. The minimum absolute atomic E-state index is 0.332. The number of rotatable bonds is 5. The molecule has 0 bridgehead atoms. The van der Waals surface area contributed by atoms with E-state index in [0.717, 1.165) is 25.5 Å². The zero-order chi connectivity index (χ0) is 16.9. The number of aromatic nitrogens is 2. The lowest BCUT2D eigenvalue weighted by Gasteiger charge is -2.24. The minimum Gasteiger partial charge on any atom is -0.356 e. The Kier molecular flexibility index (Phi) is 6.45. The highest BCUT2D eigenvalue weighted by atomic mass is 15.3. The lowest BCUT2D eigenvalue weighted by molar-refractivity contribution is 0.372. The van der Waals surface area contributed by atoms with Crippen molar-refractivity contribution in [3.05, 3.63) is 17.5 Å². The van der Waals surface area contributed by atoms with Crippen molar-refractivity contribution >= 4 is 5.96 Å². The molecular formula is C17H33N5. The molecule has 0 amide bonds. The first-order valence-electron chi connectivity index (χ1n) is 8.08. The van der Waals surface area contributed by atoms with Gasteiger partial charge < -0.3 is 10.2 Å². The van der Waals surface area contributed by atoms with Crippen LogP contribution in [0.2, 0.25) is 0 Å². The highest BCUT2D eigenvalue weighted by molar-refractivity contribution is 5.79. The van der Waals surface area contributed by atoms with Gasteiger partial charge in [-0.3, -0.25) is 9.67 Å². The summed E-state index contributed by atoms with van der Waals surface area (Å²) >= 11 is 0. The summed E-state index contributed by atoms with van der Waals surface area (Å²) in [5.74, 6) is 1.36. The zero-order valence-electron chi connectivity index (χ0n) is 15.6. The quantitative estimate of drug-likeness (QED) is 0.672. The first-order valence-corrected chi connectivity index (χ1v) is 8.08. The van der Waals surface area contributed by atoms with Crippen molar-refractivity contribution in [2.24, 2.45) is 17.5 Å². The second kappa shape index (κ2) is 7.65. The first-order chi connectivity index (χ1) is 10.1. The number of aliphatic imine (C=N–C) groups is 1. The molecule has 1 N–H and O–H groups in total. The van der Waals surface area contributed by atoms with Crippen LogP contribution in [0.3, 0.4) is 0 Å². The molecule has 0 aliphatic heterocycles. The summed E-state index contributed by atoms with van der Waals surface area (Å²) in [5, 5.41) is 8.02. The van der Waals surface area contributed by atoms with E-state index in [9.17, 15) is 0 Å². The van der Waals surface area contributed by atoms with Gasteiger partial charge >= 0.3 is 0 Å². The fraction of sp³-hybridized carbons (Fsp3) is 0.765. The third-order valence-electron chi connectivity index (χ3n) is 3.62. The molecule has 0 saturated carbocycles. The van der Waals surface area contributed by atoms with Crippen molar-refractivity contribution in [1.29, 1.82) is 0 Å². The third kappa shape index (κ3) is 5.70. The molecule has 22 heavy (non-hydrogen) atoms. The van der Waals surface area contributed by atoms with E-state index in [4.69, 9.17) is 0 Å². The summed E-state index contributed by atoms with van der Waals surface area (Å²) in [6.45, 7) is 12.9. The van der Waals surface area contributed by atoms with Crippen molar-refractivity contribution in [3.63, 3.8) is 0 Å². The van der Waals surface area contributed by atoms with Gasteiger partial charge in [-0.25, -0.2) is 0 Å². The Morgan fingerprint density at radius 1 is 1.41 bits per heavy atom. The third-order valence-corrected chi connectivity index (χ3v) is 3.62. The van der Waals surface area contributed by atoms with Crippen molar-refractivity contribution < 1.29 is 0 Å². The Morgan fingerprint density at radius 3 is 2.55 bits per heavy atom. The van der Waals surface area contributed by atoms with Crippen LogP contribution in [-0.4, -0.2) is 41.3 Å². The van der Waals surface area contributed by atoms with Gasteiger partial charge in [0, 0.05) is 46.0 Å². The summed E-state index contributed by atoms with van der Waals surface area (Å²) in [6.07, 6.45) is 3.22. The van der Waals surface area contributed by atoms with Gasteiger partial charge in [-0.05, 0) is 17.8 Å². The molecule has 5 heteroatoms. The normalized spacial score (nSPS) is 12.9. The lowest BCUT2D eigenvalue weighted by Crippen LogP contribution is -2.39. The maximum atomic E-state index is 4.57. The largest absolute Gasteiger partial charge is 0.356 e. The average molecular weight is 307 g/mol. The monoisotopic (exact) mass is 307 g/mol. The summed E-state index contributed by atoms with van der Waals surface area (Å²) in [5.41, 5.74) is 2.76. The fourth-order valence-corrected chi connectivity index (χ4v) is 2.43. The Hall–Kier alpha value is -1.52. The Balaban J connectivity index is 2.68. The van der Waals surface area contributed by atoms with Gasteiger partial charge in [0.25, 0.3) is 0 Å². The topological polar surface area (TPSA) is 45.5 Å². The predicted octanol–water partition coefficient (Wildman–Crippen LogP) is 2.99.